The highest BCUT2D eigenvalue weighted by atomic mass is 79.9. The highest BCUT2D eigenvalue weighted by molar-refractivity contribution is 9.10. The van der Waals surface area contributed by atoms with Crippen LogP contribution in [-0.2, 0) is 9.84 Å². The summed E-state index contributed by atoms with van der Waals surface area (Å²) in [5.41, 5.74) is 1.75. The lowest BCUT2D eigenvalue weighted by atomic mass is 10.1. The Morgan fingerprint density at radius 2 is 1.88 bits per heavy atom. The van der Waals surface area contributed by atoms with Crippen molar-refractivity contribution in [1.82, 2.24) is 5.32 Å². The van der Waals surface area contributed by atoms with Crippen LogP contribution in [0.2, 0.25) is 5.02 Å². The summed E-state index contributed by atoms with van der Waals surface area (Å²) in [6, 6.07) is 12.3. The van der Waals surface area contributed by atoms with Gasteiger partial charge in [0.1, 0.15) is 0 Å². The van der Waals surface area contributed by atoms with Gasteiger partial charge in [-0.2, -0.15) is 0 Å². The second-order valence-corrected chi connectivity index (χ2v) is 9.21. The van der Waals surface area contributed by atoms with E-state index < -0.39 is 9.84 Å². The molecule has 1 atom stereocenters. The normalized spacial score (nSPS) is 12.5. The predicted molar refractivity (Wildman–Crippen MR) is 111 cm³/mol. The second-order valence-electron chi connectivity index (χ2n) is 5.53. The fourth-order valence-corrected chi connectivity index (χ4v) is 3.59. The average Bonchev–Trinajstić information content (AvgIpc) is 2.55. The monoisotopic (exact) mass is 460 g/mol. The molecule has 0 aliphatic heterocycles. The van der Waals surface area contributed by atoms with Crippen molar-refractivity contribution in [2.75, 3.05) is 11.6 Å². The van der Waals surface area contributed by atoms with E-state index in [-0.39, 0.29) is 6.04 Å². The van der Waals surface area contributed by atoms with Crippen LogP contribution in [0.25, 0.3) is 0 Å². The molecular formula is C17H18BrClN2O2S2. The van der Waals surface area contributed by atoms with E-state index in [1.165, 1.54) is 6.26 Å². The molecule has 2 aromatic carbocycles. The van der Waals surface area contributed by atoms with Crippen molar-refractivity contribution >= 4 is 60.4 Å². The lowest BCUT2D eigenvalue weighted by Gasteiger charge is -2.20. The van der Waals surface area contributed by atoms with Gasteiger partial charge in [0.2, 0.25) is 0 Å². The van der Waals surface area contributed by atoms with Gasteiger partial charge in [-0.15, -0.1) is 0 Å². The number of benzene rings is 2. The molecule has 2 rings (SSSR count). The molecule has 0 spiro atoms. The number of sulfone groups is 1. The zero-order valence-corrected chi connectivity index (χ0v) is 17.7. The van der Waals surface area contributed by atoms with Gasteiger partial charge in [0.05, 0.1) is 16.0 Å². The van der Waals surface area contributed by atoms with Crippen molar-refractivity contribution in [3.63, 3.8) is 0 Å². The Hall–Kier alpha value is -1.15. The SMILES string of the molecule is CCC(NC(=S)Nc1ccc(Br)c(Cl)c1)c1ccc(S(C)(=O)=O)cc1. The summed E-state index contributed by atoms with van der Waals surface area (Å²) in [5, 5.41) is 7.40. The van der Waals surface area contributed by atoms with Crippen LogP contribution in [0.3, 0.4) is 0 Å². The first kappa shape index (κ1) is 20.2. The molecule has 25 heavy (non-hydrogen) atoms. The number of halogens is 2. The third-order valence-corrected chi connectivity index (χ3v) is 6.18. The van der Waals surface area contributed by atoms with Crippen molar-refractivity contribution < 1.29 is 8.42 Å². The van der Waals surface area contributed by atoms with Gasteiger partial charge in [-0.25, -0.2) is 8.42 Å². The van der Waals surface area contributed by atoms with E-state index in [0.717, 1.165) is 22.1 Å². The molecule has 0 saturated carbocycles. The quantitative estimate of drug-likeness (QED) is 0.617. The molecule has 0 aliphatic rings. The maximum Gasteiger partial charge on any atom is 0.175 e. The Morgan fingerprint density at radius 1 is 1.24 bits per heavy atom. The van der Waals surface area contributed by atoms with Crippen molar-refractivity contribution in [2.45, 2.75) is 24.3 Å². The summed E-state index contributed by atoms with van der Waals surface area (Å²) in [6.07, 6.45) is 1.99. The molecule has 2 aromatic rings. The Kier molecular flexibility index (Phi) is 6.85. The van der Waals surface area contributed by atoms with Crippen LogP contribution in [0, 0.1) is 0 Å². The lowest BCUT2D eigenvalue weighted by molar-refractivity contribution is 0.601. The van der Waals surface area contributed by atoms with E-state index in [4.69, 9.17) is 23.8 Å². The summed E-state index contributed by atoms with van der Waals surface area (Å²) in [6.45, 7) is 2.03. The smallest absolute Gasteiger partial charge is 0.175 e. The van der Waals surface area contributed by atoms with Crippen molar-refractivity contribution in [2.24, 2.45) is 0 Å². The van der Waals surface area contributed by atoms with Crippen LogP contribution in [0.15, 0.2) is 51.8 Å². The van der Waals surface area contributed by atoms with Crippen molar-refractivity contribution in [1.29, 1.82) is 0 Å². The third kappa shape index (κ3) is 5.67. The van der Waals surface area contributed by atoms with Crippen LogP contribution in [0.4, 0.5) is 5.69 Å². The first-order valence-corrected chi connectivity index (χ1v) is 11.0. The number of thiocarbonyl (C=S) groups is 1. The molecule has 2 N–H and O–H groups in total. The molecule has 8 heteroatoms. The van der Waals surface area contributed by atoms with E-state index >= 15 is 0 Å². The average molecular weight is 462 g/mol. The molecule has 134 valence electrons. The molecule has 0 radical (unpaired) electrons. The predicted octanol–water partition coefficient (Wildman–Crippen LogP) is 4.94. The maximum absolute atomic E-state index is 11.6. The van der Waals surface area contributed by atoms with Gasteiger partial charge < -0.3 is 10.6 Å². The van der Waals surface area contributed by atoms with E-state index in [0.29, 0.717) is 15.0 Å². The van der Waals surface area contributed by atoms with E-state index in [1.54, 1.807) is 30.3 Å². The molecule has 0 amide bonds. The Bertz CT molecular complexity index is 871. The van der Waals surface area contributed by atoms with Crippen LogP contribution in [0.1, 0.15) is 24.9 Å². The van der Waals surface area contributed by atoms with Crippen molar-refractivity contribution in [3.05, 3.63) is 57.5 Å². The third-order valence-electron chi connectivity index (χ3n) is 3.60. The molecular weight excluding hydrogens is 444 g/mol. The summed E-state index contributed by atoms with van der Waals surface area (Å²) in [7, 11) is -3.20. The van der Waals surface area contributed by atoms with Crippen molar-refractivity contribution in [3.8, 4) is 0 Å². The summed E-state index contributed by atoms with van der Waals surface area (Å²) < 4.78 is 23.9. The lowest BCUT2D eigenvalue weighted by Crippen LogP contribution is -2.32. The van der Waals surface area contributed by atoms with Gasteiger partial charge in [-0.1, -0.05) is 30.7 Å². The highest BCUT2D eigenvalue weighted by Crippen LogP contribution is 2.26. The fourth-order valence-electron chi connectivity index (χ4n) is 2.27. The van der Waals surface area contributed by atoms with Gasteiger partial charge in [-0.3, -0.25) is 0 Å². The van der Waals surface area contributed by atoms with Crippen LogP contribution < -0.4 is 10.6 Å². The zero-order valence-electron chi connectivity index (χ0n) is 13.7. The summed E-state index contributed by atoms with van der Waals surface area (Å²) in [4.78, 5) is 0.302. The van der Waals surface area contributed by atoms with Gasteiger partial charge in [-0.05, 0) is 70.5 Å². The highest BCUT2D eigenvalue weighted by Gasteiger charge is 2.13. The Balaban J connectivity index is 2.08. The van der Waals surface area contributed by atoms with Crippen LogP contribution in [0.5, 0.6) is 0 Å². The number of rotatable bonds is 5. The molecule has 0 aromatic heterocycles. The first-order valence-electron chi connectivity index (χ1n) is 7.53. The van der Waals surface area contributed by atoms with Gasteiger partial charge >= 0.3 is 0 Å². The zero-order chi connectivity index (χ0) is 18.6. The topological polar surface area (TPSA) is 58.2 Å². The minimum absolute atomic E-state index is 0.0282. The van der Waals surface area contributed by atoms with Gasteiger partial charge in [0.25, 0.3) is 0 Å². The maximum atomic E-state index is 11.6. The Morgan fingerprint density at radius 3 is 2.40 bits per heavy atom. The Labute approximate surface area is 167 Å². The van der Waals surface area contributed by atoms with Gasteiger partial charge in [0, 0.05) is 16.4 Å². The van der Waals surface area contributed by atoms with E-state index in [1.807, 2.05) is 19.1 Å². The molecule has 0 aliphatic carbocycles. The number of hydrogen-bond acceptors (Lipinski definition) is 3. The van der Waals surface area contributed by atoms with Gasteiger partial charge in [0.15, 0.2) is 14.9 Å². The number of hydrogen-bond donors (Lipinski definition) is 2. The minimum atomic E-state index is -3.20. The summed E-state index contributed by atoms with van der Waals surface area (Å²) in [5.74, 6) is 0. The standard InChI is InChI=1S/C17H18BrClN2O2S2/c1-3-16(11-4-7-13(8-5-11)25(2,22)23)21-17(24)20-12-6-9-14(18)15(19)10-12/h4-10,16H,3H2,1-2H3,(H2,20,21,24). The molecule has 0 bridgehead atoms. The van der Waals surface area contributed by atoms with E-state index in [9.17, 15) is 8.42 Å². The number of nitrogens with one attached hydrogen (secondary N) is 2. The van der Waals surface area contributed by atoms with E-state index in [2.05, 4.69) is 26.6 Å². The second kappa shape index (κ2) is 8.49. The molecule has 1 unspecified atom stereocenters. The molecule has 0 saturated heterocycles. The number of anilines is 1. The van der Waals surface area contributed by atoms with Crippen LogP contribution >= 0.6 is 39.7 Å². The molecule has 4 nitrogen and oxygen atoms in total. The molecule has 0 heterocycles. The largest absolute Gasteiger partial charge is 0.356 e. The molecule has 0 fully saturated rings. The first-order chi connectivity index (χ1) is 11.7. The fraction of sp³-hybridized carbons (Fsp3) is 0.235. The minimum Gasteiger partial charge on any atom is -0.356 e. The summed E-state index contributed by atoms with van der Waals surface area (Å²) >= 11 is 14.8. The van der Waals surface area contributed by atoms with Crippen LogP contribution in [-0.4, -0.2) is 19.8 Å².